The van der Waals surface area contributed by atoms with E-state index in [0.29, 0.717) is 44.6 Å². The minimum absolute atomic E-state index is 0.0952. The molecule has 8 nitrogen and oxygen atoms in total. The van der Waals surface area contributed by atoms with Crippen LogP contribution in [0.2, 0.25) is 0 Å². The zero-order chi connectivity index (χ0) is 24.5. The predicted molar refractivity (Wildman–Crippen MR) is 135 cm³/mol. The maximum Gasteiger partial charge on any atom is 0.267 e. The lowest BCUT2D eigenvalue weighted by Gasteiger charge is -2.14. The van der Waals surface area contributed by atoms with Crippen molar-refractivity contribution in [2.75, 3.05) is 20.0 Å². The van der Waals surface area contributed by atoms with E-state index in [2.05, 4.69) is 10.2 Å². The van der Waals surface area contributed by atoms with Crippen LogP contribution in [0.4, 0.5) is 0 Å². The molecule has 5 aromatic rings. The number of carbonyl (C=O) groups is 1. The van der Waals surface area contributed by atoms with Gasteiger partial charge in [-0.15, -0.1) is 10.2 Å². The van der Waals surface area contributed by atoms with Crippen LogP contribution in [0.1, 0.15) is 15.9 Å². The van der Waals surface area contributed by atoms with E-state index in [9.17, 15) is 9.59 Å². The van der Waals surface area contributed by atoms with Gasteiger partial charge in [0.2, 0.25) is 5.78 Å². The molecule has 0 saturated heterocycles. The Bertz CT molecular complexity index is 1640. The van der Waals surface area contributed by atoms with Crippen LogP contribution in [0.5, 0.6) is 11.5 Å². The zero-order valence-electron chi connectivity index (χ0n) is 19.4. The van der Waals surface area contributed by atoms with Crippen LogP contribution in [0, 0.1) is 6.92 Å². The fraction of sp³-hybridized carbons (Fsp3) is 0.154. The maximum atomic E-state index is 13.6. The summed E-state index contributed by atoms with van der Waals surface area (Å²) in [6.07, 6.45) is 0. The lowest BCUT2D eigenvalue weighted by molar-refractivity contribution is 0.101. The lowest BCUT2D eigenvalue weighted by atomic mass is 10.1. The van der Waals surface area contributed by atoms with Gasteiger partial charge in [0.05, 0.1) is 42.1 Å². The number of benzene rings is 3. The summed E-state index contributed by atoms with van der Waals surface area (Å²) in [7, 11) is 3.10. The molecular formula is C26H22N4O4S. The fourth-order valence-corrected chi connectivity index (χ4v) is 4.87. The van der Waals surface area contributed by atoms with Crippen molar-refractivity contribution in [3.63, 3.8) is 0 Å². The van der Waals surface area contributed by atoms with Crippen LogP contribution in [0.15, 0.2) is 76.7 Å². The van der Waals surface area contributed by atoms with E-state index in [1.807, 2.05) is 49.4 Å². The van der Waals surface area contributed by atoms with Crippen LogP contribution >= 0.6 is 11.8 Å². The summed E-state index contributed by atoms with van der Waals surface area (Å²) in [5.74, 6) is 1.43. The monoisotopic (exact) mass is 486 g/mol. The Labute approximate surface area is 205 Å². The highest BCUT2D eigenvalue weighted by atomic mass is 32.2. The van der Waals surface area contributed by atoms with Gasteiger partial charge in [0.15, 0.2) is 10.9 Å². The van der Waals surface area contributed by atoms with Crippen molar-refractivity contribution in [1.29, 1.82) is 0 Å². The lowest BCUT2D eigenvalue weighted by Crippen LogP contribution is -2.22. The summed E-state index contributed by atoms with van der Waals surface area (Å²) in [5, 5.41) is 9.71. The number of fused-ring (bicyclic) bond motifs is 3. The molecule has 0 unspecified atom stereocenters. The molecule has 2 aromatic heterocycles. The maximum absolute atomic E-state index is 13.6. The number of rotatable bonds is 7. The Balaban J connectivity index is 1.66. The molecular weight excluding hydrogens is 464 g/mol. The van der Waals surface area contributed by atoms with E-state index in [-0.39, 0.29) is 17.1 Å². The smallest absolute Gasteiger partial charge is 0.267 e. The largest absolute Gasteiger partial charge is 0.496 e. The summed E-state index contributed by atoms with van der Waals surface area (Å²) >= 11 is 1.25. The summed E-state index contributed by atoms with van der Waals surface area (Å²) in [4.78, 5) is 26.6. The van der Waals surface area contributed by atoms with E-state index >= 15 is 0 Å². The molecule has 0 fully saturated rings. The third kappa shape index (κ3) is 3.93. The van der Waals surface area contributed by atoms with Crippen LogP contribution < -0.4 is 15.0 Å². The number of carbonyl (C=O) groups excluding carboxylic acids is 1. The van der Waals surface area contributed by atoms with Crippen LogP contribution in [-0.2, 0) is 0 Å². The molecule has 5 rings (SSSR count). The summed E-state index contributed by atoms with van der Waals surface area (Å²) in [5.41, 5.74) is 2.47. The third-order valence-electron chi connectivity index (χ3n) is 5.71. The summed E-state index contributed by atoms with van der Waals surface area (Å²) < 4.78 is 14.2. The van der Waals surface area contributed by atoms with E-state index in [0.717, 1.165) is 5.56 Å². The van der Waals surface area contributed by atoms with Crippen LogP contribution in [0.25, 0.3) is 22.4 Å². The SMILES string of the molecule is COc1ccccc1C(=O)CSc1nnc2n(-c3cc(C)ccc3OC)c(=O)c3ccccc3n12. The predicted octanol–water partition coefficient (Wildman–Crippen LogP) is 4.33. The molecule has 0 saturated carbocycles. The van der Waals surface area contributed by atoms with E-state index < -0.39 is 0 Å². The van der Waals surface area contributed by atoms with Crippen molar-refractivity contribution in [2.45, 2.75) is 12.1 Å². The highest BCUT2D eigenvalue weighted by molar-refractivity contribution is 7.99. The second-order valence-electron chi connectivity index (χ2n) is 7.86. The first-order valence-electron chi connectivity index (χ1n) is 10.9. The Kier molecular flexibility index (Phi) is 6.00. The van der Waals surface area contributed by atoms with E-state index in [1.165, 1.54) is 23.4 Å². The second kappa shape index (κ2) is 9.27. The van der Waals surface area contributed by atoms with Crippen molar-refractivity contribution in [1.82, 2.24) is 19.2 Å². The Morgan fingerprint density at radius 3 is 2.49 bits per heavy atom. The van der Waals surface area contributed by atoms with Gasteiger partial charge in [-0.25, -0.2) is 4.57 Å². The quantitative estimate of drug-likeness (QED) is 0.250. The number of thioether (sulfide) groups is 1. The van der Waals surface area contributed by atoms with Gasteiger partial charge in [-0.3, -0.25) is 14.0 Å². The second-order valence-corrected chi connectivity index (χ2v) is 8.81. The molecule has 0 spiro atoms. The van der Waals surface area contributed by atoms with Gasteiger partial charge in [0, 0.05) is 0 Å². The summed E-state index contributed by atoms with van der Waals surface area (Å²) in [6.45, 7) is 1.95. The van der Waals surface area contributed by atoms with Gasteiger partial charge in [-0.2, -0.15) is 0 Å². The number of ketones is 1. The molecule has 0 aliphatic carbocycles. The van der Waals surface area contributed by atoms with Crippen LogP contribution in [-0.4, -0.2) is 44.9 Å². The molecule has 176 valence electrons. The number of aryl methyl sites for hydroxylation is 1. The molecule has 0 bridgehead atoms. The molecule has 3 aromatic carbocycles. The molecule has 0 radical (unpaired) electrons. The van der Waals surface area contributed by atoms with Gasteiger partial charge in [-0.1, -0.05) is 42.1 Å². The average molecular weight is 487 g/mol. The number of hydrogen-bond acceptors (Lipinski definition) is 7. The highest BCUT2D eigenvalue weighted by Crippen LogP contribution is 2.28. The molecule has 2 heterocycles. The van der Waals surface area contributed by atoms with Crippen molar-refractivity contribution in [2.24, 2.45) is 0 Å². The van der Waals surface area contributed by atoms with Gasteiger partial charge < -0.3 is 9.47 Å². The number of nitrogens with zero attached hydrogens (tertiary/aromatic N) is 4. The number of hydrogen-bond donors (Lipinski definition) is 0. The summed E-state index contributed by atoms with van der Waals surface area (Å²) in [6, 6.07) is 20.0. The molecule has 0 N–H and O–H groups in total. The number of aromatic nitrogens is 4. The van der Waals surface area contributed by atoms with Crippen molar-refractivity contribution in [3.8, 4) is 17.2 Å². The number of para-hydroxylation sites is 2. The molecule has 0 atom stereocenters. The fourth-order valence-electron chi connectivity index (χ4n) is 4.05. The minimum atomic E-state index is -0.231. The molecule has 0 aliphatic rings. The first kappa shape index (κ1) is 22.7. The normalized spacial score (nSPS) is 11.2. The first-order valence-corrected chi connectivity index (χ1v) is 11.8. The molecule has 0 aliphatic heterocycles. The zero-order valence-corrected chi connectivity index (χ0v) is 20.2. The van der Waals surface area contributed by atoms with Gasteiger partial charge in [0.25, 0.3) is 5.56 Å². The minimum Gasteiger partial charge on any atom is -0.496 e. The molecule has 9 heteroatoms. The van der Waals surface area contributed by atoms with Crippen molar-refractivity contribution in [3.05, 3.63) is 88.2 Å². The molecule has 35 heavy (non-hydrogen) atoms. The Morgan fingerprint density at radius 2 is 1.69 bits per heavy atom. The van der Waals surface area contributed by atoms with Crippen molar-refractivity contribution < 1.29 is 14.3 Å². The van der Waals surface area contributed by atoms with Crippen molar-refractivity contribution >= 4 is 34.2 Å². The topological polar surface area (TPSA) is 87.7 Å². The van der Waals surface area contributed by atoms with Crippen LogP contribution in [0.3, 0.4) is 0 Å². The third-order valence-corrected chi connectivity index (χ3v) is 6.64. The van der Waals surface area contributed by atoms with Gasteiger partial charge in [-0.05, 0) is 48.9 Å². The molecule has 0 amide bonds. The Hall–Kier alpha value is -4.11. The first-order chi connectivity index (χ1) is 17.0. The van der Waals surface area contributed by atoms with Gasteiger partial charge in [0.1, 0.15) is 11.5 Å². The van der Waals surface area contributed by atoms with E-state index in [4.69, 9.17) is 9.47 Å². The Morgan fingerprint density at radius 1 is 0.943 bits per heavy atom. The average Bonchev–Trinajstić information content (AvgIpc) is 3.31. The standard InChI is InChI=1S/C26H22N4O4S/c1-16-12-13-23(34-3)20(14-16)29-24(32)17-8-4-6-10-19(17)30-25(29)27-28-26(30)35-15-21(31)18-9-5-7-11-22(18)33-2/h4-14H,15H2,1-3H3. The van der Waals surface area contributed by atoms with E-state index in [1.54, 1.807) is 35.8 Å². The highest BCUT2D eigenvalue weighted by Gasteiger charge is 2.21. The number of ether oxygens (including phenoxy) is 2. The number of methoxy groups -OCH3 is 2. The number of Topliss-reactive ketones (excluding diaryl/α,β-unsaturated/α-hetero) is 1. The van der Waals surface area contributed by atoms with Gasteiger partial charge >= 0.3 is 0 Å².